The second kappa shape index (κ2) is 11.9. The van der Waals surface area contributed by atoms with Gasteiger partial charge >= 0.3 is 6.03 Å². The highest BCUT2D eigenvalue weighted by Crippen LogP contribution is 2.39. The molecule has 0 bridgehead atoms. The zero-order valence-electron chi connectivity index (χ0n) is 19.8. The van der Waals surface area contributed by atoms with Crippen molar-refractivity contribution in [2.24, 2.45) is 0 Å². The maximum absolute atomic E-state index is 12.5. The van der Waals surface area contributed by atoms with Crippen LogP contribution in [-0.4, -0.2) is 11.9 Å². The van der Waals surface area contributed by atoms with Gasteiger partial charge in [-0.1, -0.05) is 58.7 Å². The van der Waals surface area contributed by atoms with Crippen molar-refractivity contribution in [1.29, 1.82) is 0 Å². The van der Waals surface area contributed by atoms with Crippen LogP contribution in [0.2, 0.25) is 15.1 Å². The van der Waals surface area contributed by atoms with Crippen LogP contribution in [0.15, 0.2) is 88.7 Å². The highest BCUT2D eigenvalue weighted by Gasteiger charge is 2.18. The number of anilines is 1. The number of halogens is 3. The van der Waals surface area contributed by atoms with E-state index in [1.165, 1.54) is 6.07 Å². The van der Waals surface area contributed by atoms with Crippen LogP contribution in [0.5, 0.6) is 11.5 Å². The van der Waals surface area contributed by atoms with E-state index in [0.717, 1.165) is 9.79 Å². The van der Waals surface area contributed by atoms with Crippen molar-refractivity contribution < 1.29 is 14.3 Å². The fourth-order valence-corrected chi connectivity index (χ4v) is 4.86. The molecule has 0 aromatic heterocycles. The van der Waals surface area contributed by atoms with E-state index in [2.05, 4.69) is 10.6 Å². The SMILES string of the molecule is Cc1cc(NC(=O)NC(=O)c2ccccc2Cl)c(C)c(Cl)c1Oc1ccc(Sc2ccc(Cl)cc2)cc1. The van der Waals surface area contributed by atoms with Gasteiger partial charge in [-0.05, 0) is 91.7 Å². The monoisotopic (exact) mass is 570 g/mol. The topological polar surface area (TPSA) is 67.4 Å². The predicted octanol–water partition coefficient (Wildman–Crippen LogP) is 9.17. The lowest BCUT2D eigenvalue weighted by atomic mass is 10.1. The first-order chi connectivity index (χ1) is 17.7. The number of aryl methyl sites for hydroxylation is 1. The molecule has 0 spiro atoms. The van der Waals surface area contributed by atoms with Crippen LogP contribution in [0.1, 0.15) is 21.5 Å². The highest BCUT2D eigenvalue weighted by molar-refractivity contribution is 7.99. The molecule has 0 radical (unpaired) electrons. The smallest absolute Gasteiger partial charge is 0.326 e. The lowest BCUT2D eigenvalue weighted by Gasteiger charge is -2.17. The molecular weight excluding hydrogens is 551 g/mol. The van der Waals surface area contributed by atoms with Crippen LogP contribution in [0.3, 0.4) is 0 Å². The van der Waals surface area contributed by atoms with Crippen molar-refractivity contribution in [3.63, 3.8) is 0 Å². The fourth-order valence-electron chi connectivity index (χ4n) is 3.41. The molecule has 0 aliphatic heterocycles. The van der Waals surface area contributed by atoms with Crippen molar-refractivity contribution in [3.8, 4) is 11.5 Å². The van der Waals surface area contributed by atoms with E-state index in [-0.39, 0.29) is 10.6 Å². The Bertz CT molecular complexity index is 1460. The molecule has 0 atom stereocenters. The molecule has 0 aliphatic rings. The minimum Gasteiger partial charge on any atom is -0.456 e. The number of hydrogen-bond acceptors (Lipinski definition) is 4. The molecule has 5 nitrogen and oxygen atoms in total. The van der Waals surface area contributed by atoms with Gasteiger partial charge < -0.3 is 10.1 Å². The third kappa shape index (κ3) is 6.79. The number of amides is 3. The fraction of sp³-hybridized carbons (Fsp3) is 0.0714. The molecule has 0 aliphatic carbocycles. The van der Waals surface area contributed by atoms with Crippen molar-refractivity contribution in [3.05, 3.63) is 111 Å². The number of benzene rings is 4. The zero-order chi connectivity index (χ0) is 26.5. The van der Waals surface area contributed by atoms with Crippen LogP contribution >= 0.6 is 46.6 Å². The Balaban J connectivity index is 1.44. The second-order valence-corrected chi connectivity index (χ2v) is 10.4. The van der Waals surface area contributed by atoms with E-state index in [9.17, 15) is 9.59 Å². The number of carbonyl (C=O) groups is 2. The number of nitrogens with one attached hydrogen (secondary N) is 2. The molecule has 37 heavy (non-hydrogen) atoms. The minimum absolute atomic E-state index is 0.201. The molecule has 4 rings (SSSR count). The third-order valence-corrected chi connectivity index (χ3v) is 7.39. The Labute approximate surface area is 234 Å². The summed E-state index contributed by atoms with van der Waals surface area (Å²) in [6, 6.07) is 22.8. The van der Waals surface area contributed by atoms with E-state index in [1.807, 2.05) is 55.5 Å². The Morgan fingerprint density at radius 1 is 0.838 bits per heavy atom. The molecule has 0 saturated carbocycles. The molecule has 2 N–H and O–H groups in total. The maximum Gasteiger partial charge on any atom is 0.326 e. The largest absolute Gasteiger partial charge is 0.456 e. The number of carbonyl (C=O) groups excluding carboxylic acids is 2. The third-order valence-electron chi connectivity index (χ3n) is 5.34. The Hall–Kier alpha value is -3.16. The normalized spacial score (nSPS) is 10.6. The number of ether oxygens (including phenoxy) is 1. The Kier molecular flexibility index (Phi) is 8.67. The summed E-state index contributed by atoms with van der Waals surface area (Å²) in [6.45, 7) is 3.58. The summed E-state index contributed by atoms with van der Waals surface area (Å²) in [5.41, 5.74) is 1.96. The Morgan fingerprint density at radius 2 is 1.46 bits per heavy atom. The van der Waals surface area contributed by atoms with E-state index in [1.54, 1.807) is 43.0 Å². The summed E-state index contributed by atoms with van der Waals surface area (Å²) >= 11 is 20.2. The van der Waals surface area contributed by atoms with E-state index >= 15 is 0 Å². The van der Waals surface area contributed by atoms with Gasteiger partial charge in [0.25, 0.3) is 5.91 Å². The van der Waals surface area contributed by atoms with Gasteiger partial charge in [-0.2, -0.15) is 0 Å². The molecule has 9 heteroatoms. The van der Waals surface area contributed by atoms with Gasteiger partial charge in [0.1, 0.15) is 11.5 Å². The number of rotatable bonds is 6. The van der Waals surface area contributed by atoms with Crippen molar-refractivity contribution in [2.45, 2.75) is 23.6 Å². The molecule has 188 valence electrons. The summed E-state index contributed by atoms with van der Waals surface area (Å²) in [5.74, 6) is 0.491. The predicted molar refractivity (Wildman–Crippen MR) is 151 cm³/mol. The summed E-state index contributed by atoms with van der Waals surface area (Å²) in [6.07, 6.45) is 0. The van der Waals surface area contributed by atoms with Gasteiger partial charge in [0.05, 0.1) is 15.6 Å². The van der Waals surface area contributed by atoms with Crippen molar-refractivity contribution >= 4 is 64.2 Å². The molecule has 4 aromatic carbocycles. The van der Waals surface area contributed by atoms with Gasteiger partial charge in [0.15, 0.2) is 0 Å². The number of hydrogen-bond donors (Lipinski definition) is 2. The molecule has 0 fully saturated rings. The van der Waals surface area contributed by atoms with E-state index < -0.39 is 11.9 Å². The summed E-state index contributed by atoms with van der Waals surface area (Å²) in [5, 5.41) is 6.25. The van der Waals surface area contributed by atoms with Crippen LogP contribution in [-0.2, 0) is 0 Å². The lowest BCUT2D eigenvalue weighted by molar-refractivity contribution is 0.0967. The van der Waals surface area contributed by atoms with Crippen LogP contribution in [0.25, 0.3) is 0 Å². The highest BCUT2D eigenvalue weighted by atomic mass is 35.5. The summed E-state index contributed by atoms with van der Waals surface area (Å²) in [4.78, 5) is 27.0. The first-order valence-corrected chi connectivity index (χ1v) is 13.0. The van der Waals surface area contributed by atoms with Gasteiger partial charge in [0.2, 0.25) is 0 Å². The van der Waals surface area contributed by atoms with Crippen molar-refractivity contribution in [1.82, 2.24) is 5.32 Å². The molecule has 4 aromatic rings. The zero-order valence-corrected chi connectivity index (χ0v) is 22.9. The maximum atomic E-state index is 12.5. The van der Waals surface area contributed by atoms with E-state index in [0.29, 0.717) is 38.4 Å². The molecule has 3 amide bonds. The van der Waals surface area contributed by atoms with Gasteiger partial charge in [-0.15, -0.1) is 0 Å². The first-order valence-electron chi connectivity index (χ1n) is 11.1. The average Bonchev–Trinajstić information content (AvgIpc) is 2.87. The van der Waals surface area contributed by atoms with Crippen LogP contribution in [0.4, 0.5) is 10.5 Å². The standard InChI is InChI=1S/C28H21Cl3N2O3S/c1-16-15-24(32-28(35)33-27(34)22-5-3-4-6-23(22)30)17(2)25(31)26(16)36-19-9-13-21(14-10-19)37-20-11-7-18(29)8-12-20/h3-15H,1-2H3,(H2,32,33,34,35). The summed E-state index contributed by atoms with van der Waals surface area (Å²) in [7, 11) is 0. The van der Waals surface area contributed by atoms with Gasteiger partial charge in [0, 0.05) is 20.5 Å². The molecular formula is C28H21Cl3N2O3S. The number of urea groups is 1. The van der Waals surface area contributed by atoms with Crippen molar-refractivity contribution in [2.75, 3.05) is 5.32 Å². The molecule has 0 unspecified atom stereocenters. The van der Waals surface area contributed by atoms with Gasteiger partial charge in [-0.3, -0.25) is 10.1 Å². The lowest BCUT2D eigenvalue weighted by Crippen LogP contribution is -2.34. The second-order valence-electron chi connectivity index (χ2n) is 8.03. The number of imide groups is 1. The molecule has 0 saturated heterocycles. The van der Waals surface area contributed by atoms with E-state index in [4.69, 9.17) is 39.5 Å². The van der Waals surface area contributed by atoms with Crippen LogP contribution < -0.4 is 15.4 Å². The van der Waals surface area contributed by atoms with Gasteiger partial charge in [-0.25, -0.2) is 4.79 Å². The average molecular weight is 572 g/mol. The summed E-state index contributed by atoms with van der Waals surface area (Å²) < 4.78 is 6.08. The first kappa shape index (κ1) is 26.9. The minimum atomic E-state index is -0.703. The Morgan fingerprint density at radius 3 is 2.11 bits per heavy atom. The quantitative estimate of drug-likeness (QED) is 0.242. The van der Waals surface area contributed by atoms with Crippen LogP contribution in [0, 0.1) is 13.8 Å². The molecule has 0 heterocycles.